The van der Waals surface area contributed by atoms with E-state index in [1.54, 1.807) is 7.11 Å². The first-order valence-electron chi connectivity index (χ1n) is 10.2. The standard InChI is InChI=1S/C22H29NO2/c1-25-18-6-5-15-3-2-4-19(20(15)12-18)22(24)23-21-16-8-13-7-14(10-16)11-17(21)9-13/h5-6,12-14,16-17,19,21H,2-4,7-11H2,1H3,(H,23,24). The van der Waals surface area contributed by atoms with Crippen LogP contribution < -0.4 is 10.1 Å². The van der Waals surface area contributed by atoms with Gasteiger partial charge >= 0.3 is 0 Å². The number of fused-ring (bicyclic) bond motifs is 1. The van der Waals surface area contributed by atoms with Crippen molar-refractivity contribution in [2.75, 3.05) is 7.11 Å². The third kappa shape index (κ3) is 2.67. The molecule has 1 atom stereocenters. The molecule has 1 aromatic carbocycles. The Hall–Kier alpha value is -1.51. The lowest BCUT2D eigenvalue weighted by atomic mass is 9.54. The molecule has 0 spiro atoms. The third-order valence-corrected chi connectivity index (χ3v) is 7.52. The molecule has 5 aliphatic rings. The number of nitrogens with one attached hydrogen (secondary N) is 1. The molecule has 0 aromatic heterocycles. The Bertz CT molecular complexity index is 655. The maximum Gasteiger partial charge on any atom is 0.227 e. The normalized spacial score (nSPS) is 38.3. The predicted octanol–water partition coefficient (Wildman–Crippen LogP) is 4.06. The second-order valence-electron chi connectivity index (χ2n) is 8.97. The first kappa shape index (κ1) is 15.7. The lowest BCUT2D eigenvalue weighted by molar-refractivity contribution is -0.126. The van der Waals surface area contributed by atoms with Crippen molar-refractivity contribution in [1.29, 1.82) is 0 Å². The molecule has 0 saturated heterocycles. The van der Waals surface area contributed by atoms with E-state index in [0.29, 0.717) is 6.04 Å². The van der Waals surface area contributed by atoms with Gasteiger partial charge in [-0.25, -0.2) is 0 Å². The number of methoxy groups -OCH3 is 1. The Labute approximate surface area is 150 Å². The van der Waals surface area contributed by atoms with Crippen LogP contribution in [0.25, 0.3) is 0 Å². The van der Waals surface area contributed by atoms with Gasteiger partial charge in [0.25, 0.3) is 0 Å². The molecule has 1 aromatic rings. The van der Waals surface area contributed by atoms with Crippen molar-refractivity contribution in [2.24, 2.45) is 23.7 Å². The summed E-state index contributed by atoms with van der Waals surface area (Å²) < 4.78 is 5.40. The maximum absolute atomic E-state index is 13.2. The van der Waals surface area contributed by atoms with Crippen LogP contribution in [0.15, 0.2) is 18.2 Å². The van der Waals surface area contributed by atoms with E-state index >= 15 is 0 Å². The van der Waals surface area contributed by atoms with Gasteiger partial charge in [0, 0.05) is 6.04 Å². The molecule has 25 heavy (non-hydrogen) atoms. The average Bonchev–Trinajstić information content (AvgIpc) is 2.63. The number of aryl methyl sites for hydroxylation is 1. The maximum atomic E-state index is 13.2. The van der Waals surface area contributed by atoms with Crippen molar-refractivity contribution in [2.45, 2.75) is 63.3 Å². The second kappa shape index (κ2) is 6.03. The van der Waals surface area contributed by atoms with E-state index in [4.69, 9.17) is 4.74 Å². The van der Waals surface area contributed by atoms with Gasteiger partial charge in [-0.05, 0) is 98.3 Å². The number of ether oxygens (including phenoxy) is 1. The van der Waals surface area contributed by atoms with Gasteiger partial charge in [-0.3, -0.25) is 4.79 Å². The van der Waals surface area contributed by atoms with Gasteiger partial charge in [-0.1, -0.05) is 6.07 Å². The van der Waals surface area contributed by atoms with Crippen molar-refractivity contribution in [3.8, 4) is 5.75 Å². The molecule has 1 unspecified atom stereocenters. The summed E-state index contributed by atoms with van der Waals surface area (Å²) in [4.78, 5) is 13.2. The Kier molecular flexibility index (Phi) is 3.79. The molecular formula is C22H29NO2. The molecule has 134 valence electrons. The fraction of sp³-hybridized carbons (Fsp3) is 0.682. The van der Waals surface area contributed by atoms with Gasteiger partial charge in [-0.15, -0.1) is 0 Å². The first-order valence-corrected chi connectivity index (χ1v) is 10.2. The SMILES string of the molecule is COc1ccc2c(c1)C(C(=O)NC1C3CC4CC(C3)CC1C4)CCC2. The van der Waals surface area contributed by atoms with Crippen LogP contribution in [0.5, 0.6) is 5.75 Å². The van der Waals surface area contributed by atoms with Crippen molar-refractivity contribution < 1.29 is 9.53 Å². The van der Waals surface area contributed by atoms with E-state index in [0.717, 1.165) is 48.7 Å². The zero-order valence-corrected chi connectivity index (χ0v) is 15.2. The van der Waals surface area contributed by atoms with E-state index in [9.17, 15) is 4.79 Å². The van der Waals surface area contributed by atoms with E-state index in [1.165, 1.54) is 43.2 Å². The third-order valence-electron chi connectivity index (χ3n) is 7.52. The van der Waals surface area contributed by atoms with Crippen molar-refractivity contribution in [3.63, 3.8) is 0 Å². The van der Waals surface area contributed by atoms with Gasteiger partial charge in [0.1, 0.15) is 5.75 Å². The molecule has 1 amide bonds. The summed E-state index contributed by atoms with van der Waals surface area (Å²) in [6, 6.07) is 6.71. The Morgan fingerprint density at radius 2 is 1.80 bits per heavy atom. The predicted molar refractivity (Wildman–Crippen MR) is 97.6 cm³/mol. The van der Waals surface area contributed by atoms with Crippen LogP contribution in [0.1, 0.15) is 62.0 Å². The molecule has 0 radical (unpaired) electrons. The molecule has 6 rings (SSSR count). The van der Waals surface area contributed by atoms with Crippen LogP contribution in [0.4, 0.5) is 0 Å². The number of hydrogen-bond acceptors (Lipinski definition) is 2. The van der Waals surface area contributed by atoms with Crippen molar-refractivity contribution in [1.82, 2.24) is 5.32 Å². The highest BCUT2D eigenvalue weighted by Crippen LogP contribution is 2.53. The summed E-state index contributed by atoms with van der Waals surface area (Å²) in [5.74, 6) is 4.54. The largest absolute Gasteiger partial charge is 0.497 e. The second-order valence-corrected chi connectivity index (χ2v) is 8.97. The summed E-state index contributed by atoms with van der Waals surface area (Å²) in [6.45, 7) is 0. The summed E-state index contributed by atoms with van der Waals surface area (Å²) >= 11 is 0. The molecule has 0 heterocycles. The summed E-state index contributed by atoms with van der Waals surface area (Å²) in [7, 11) is 1.70. The Morgan fingerprint density at radius 1 is 1.08 bits per heavy atom. The molecule has 4 fully saturated rings. The molecule has 5 aliphatic carbocycles. The lowest BCUT2D eigenvalue weighted by Crippen LogP contribution is -2.56. The highest BCUT2D eigenvalue weighted by atomic mass is 16.5. The van der Waals surface area contributed by atoms with Crippen molar-refractivity contribution in [3.05, 3.63) is 29.3 Å². The summed E-state index contributed by atoms with van der Waals surface area (Å²) in [5.41, 5.74) is 2.53. The highest BCUT2D eigenvalue weighted by molar-refractivity contribution is 5.85. The molecular weight excluding hydrogens is 310 g/mol. The minimum Gasteiger partial charge on any atom is -0.497 e. The topological polar surface area (TPSA) is 38.3 Å². The number of carbonyl (C=O) groups is 1. The number of hydrogen-bond donors (Lipinski definition) is 1. The fourth-order valence-electron chi connectivity index (χ4n) is 6.60. The molecule has 1 N–H and O–H groups in total. The Morgan fingerprint density at radius 3 is 2.48 bits per heavy atom. The van der Waals surface area contributed by atoms with E-state index < -0.39 is 0 Å². The Balaban J connectivity index is 1.36. The molecule has 3 heteroatoms. The number of rotatable bonds is 3. The van der Waals surface area contributed by atoms with Crippen LogP contribution in [-0.4, -0.2) is 19.1 Å². The summed E-state index contributed by atoms with van der Waals surface area (Å²) in [6.07, 6.45) is 10.0. The molecule has 3 nitrogen and oxygen atoms in total. The number of amides is 1. The first-order chi connectivity index (χ1) is 12.2. The van der Waals surface area contributed by atoms with Gasteiger partial charge in [-0.2, -0.15) is 0 Å². The highest BCUT2D eigenvalue weighted by Gasteiger charge is 2.49. The van der Waals surface area contributed by atoms with Crippen molar-refractivity contribution >= 4 is 5.91 Å². The average molecular weight is 339 g/mol. The molecule has 4 bridgehead atoms. The zero-order chi connectivity index (χ0) is 17.0. The van der Waals surface area contributed by atoms with Gasteiger partial charge in [0.05, 0.1) is 13.0 Å². The van der Waals surface area contributed by atoms with E-state index in [1.807, 2.05) is 6.07 Å². The van der Waals surface area contributed by atoms with Crippen LogP contribution in [0.3, 0.4) is 0 Å². The van der Waals surface area contributed by atoms with Gasteiger partial charge in [0.2, 0.25) is 5.91 Å². The van der Waals surface area contributed by atoms with Crippen LogP contribution in [0.2, 0.25) is 0 Å². The molecule has 4 saturated carbocycles. The molecule has 0 aliphatic heterocycles. The number of benzene rings is 1. The van der Waals surface area contributed by atoms with E-state index in [-0.39, 0.29) is 11.8 Å². The fourth-order valence-corrected chi connectivity index (χ4v) is 6.60. The van der Waals surface area contributed by atoms with Crippen LogP contribution in [-0.2, 0) is 11.2 Å². The van der Waals surface area contributed by atoms with Gasteiger partial charge in [0.15, 0.2) is 0 Å². The van der Waals surface area contributed by atoms with Gasteiger partial charge < -0.3 is 10.1 Å². The smallest absolute Gasteiger partial charge is 0.227 e. The minimum absolute atomic E-state index is 0.0102. The van der Waals surface area contributed by atoms with E-state index in [2.05, 4.69) is 17.4 Å². The van der Waals surface area contributed by atoms with Crippen LogP contribution in [0, 0.1) is 23.7 Å². The minimum atomic E-state index is 0.0102. The van der Waals surface area contributed by atoms with Crippen LogP contribution >= 0.6 is 0 Å². The summed E-state index contributed by atoms with van der Waals surface area (Å²) in [5, 5.41) is 3.53. The monoisotopic (exact) mass is 339 g/mol. The lowest BCUT2D eigenvalue weighted by Gasteiger charge is -2.54. The quantitative estimate of drug-likeness (QED) is 0.902. The zero-order valence-electron chi connectivity index (χ0n) is 15.2. The number of carbonyl (C=O) groups excluding carboxylic acids is 1.